The molecule has 1 unspecified atom stereocenters. The van der Waals surface area contributed by atoms with E-state index in [4.69, 9.17) is 4.74 Å². The molecule has 0 bridgehead atoms. The van der Waals surface area contributed by atoms with Gasteiger partial charge >= 0.3 is 0 Å². The smallest absolute Gasteiger partial charge is 0.278 e. The molecule has 1 atom stereocenters. The van der Waals surface area contributed by atoms with Gasteiger partial charge in [-0.2, -0.15) is 0 Å². The molecular formula is C19H20N2O3. The molecule has 0 saturated carbocycles. The number of nitrogens with zero attached hydrogens (tertiary/aromatic N) is 1. The predicted molar refractivity (Wildman–Crippen MR) is 91.6 cm³/mol. The van der Waals surface area contributed by atoms with Gasteiger partial charge in [-0.1, -0.05) is 42.5 Å². The highest BCUT2D eigenvalue weighted by molar-refractivity contribution is 6.15. The molecule has 0 saturated heterocycles. The van der Waals surface area contributed by atoms with Gasteiger partial charge in [0.05, 0.1) is 5.69 Å². The summed E-state index contributed by atoms with van der Waals surface area (Å²) in [6.45, 7) is 4.33. The lowest BCUT2D eigenvalue weighted by Gasteiger charge is -2.36. The molecule has 5 heteroatoms. The van der Waals surface area contributed by atoms with Crippen molar-refractivity contribution in [1.82, 2.24) is 4.90 Å². The van der Waals surface area contributed by atoms with Crippen LogP contribution in [0.3, 0.4) is 0 Å². The Labute approximate surface area is 141 Å². The molecule has 0 aromatic heterocycles. The Morgan fingerprint density at radius 3 is 2.50 bits per heavy atom. The lowest BCUT2D eigenvalue weighted by molar-refractivity contribution is -0.154. The van der Waals surface area contributed by atoms with Crippen LogP contribution in [0.4, 0.5) is 5.69 Å². The van der Waals surface area contributed by atoms with Crippen molar-refractivity contribution in [1.29, 1.82) is 0 Å². The van der Waals surface area contributed by atoms with E-state index in [9.17, 15) is 9.59 Å². The molecule has 3 rings (SSSR count). The van der Waals surface area contributed by atoms with Gasteiger partial charge in [-0.3, -0.25) is 9.59 Å². The van der Waals surface area contributed by atoms with Crippen LogP contribution in [0, 0.1) is 0 Å². The van der Waals surface area contributed by atoms with Crippen LogP contribution in [0.1, 0.15) is 19.4 Å². The van der Waals surface area contributed by atoms with Crippen LogP contribution >= 0.6 is 0 Å². The third-order valence-electron chi connectivity index (χ3n) is 4.18. The van der Waals surface area contributed by atoms with Crippen molar-refractivity contribution in [2.24, 2.45) is 0 Å². The van der Waals surface area contributed by atoms with E-state index in [1.54, 1.807) is 23.1 Å². The summed E-state index contributed by atoms with van der Waals surface area (Å²) in [6.07, 6.45) is 0. The van der Waals surface area contributed by atoms with Crippen LogP contribution in [0.5, 0.6) is 5.75 Å². The van der Waals surface area contributed by atoms with Gasteiger partial charge in [-0.05, 0) is 31.5 Å². The number of carbonyl (C=O) groups is 2. The van der Waals surface area contributed by atoms with Gasteiger partial charge < -0.3 is 15.0 Å². The minimum atomic E-state index is -1.57. The van der Waals surface area contributed by atoms with Gasteiger partial charge in [-0.25, -0.2) is 0 Å². The zero-order valence-electron chi connectivity index (χ0n) is 13.8. The summed E-state index contributed by atoms with van der Waals surface area (Å²) in [6, 6.07) is 16.8. The van der Waals surface area contributed by atoms with Crippen molar-refractivity contribution in [2.75, 3.05) is 11.9 Å². The van der Waals surface area contributed by atoms with Gasteiger partial charge in [0.15, 0.2) is 0 Å². The summed E-state index contributed by atoms with van der Waals surface area (Å²) in [5.74, 6) is -0.290. The molecule has 0 fully saturated rings. The summed E-state index contributed by atoms with van der Waals surface area (Å²) < 4.78 is 5.81. The van der Waals surface area contributed by atoms with Crippen molar-refractivity contribution in [3.05, 3.63) is 60.2 Å². The molecule has 24 heavy (non-hydrogen) atoms. The van der Waals surface area contributed by atoms with E-state index in [1.807, 2.05) is 43.3 Å². The first-order valence-corrected chi connectivity index (χ1v) is 7.97. The molecule has 1 heterocycles. The predicted octanol–water partition coefficient (Wildman–Crippen LogP) is 2.82. The Balaban J connectivity index is 1.85. The minimum Gasteiger partial charge on any atom is -0.466 e. The van der Waals surface area contributed by atoms with E-state index < -0.39 is 11.5 Å². The molecule has 5 nitrogen and oxygen atoms in total. The first-order chi connectivity index (χ1) is 11.5. The Kier molecular flexibility index (Phi) is 4.25. The maximum absolute atomic E-state index is 13.0. The summed E-state index contributed by atoms with van der Waals surface area (Å²) >= 11 is 0. The second-order valence-electron chi connectivity index (χ2n) is 5.89. The molecule has 2 aromatic rings. The fraction of sp³-hybridized carbons (Fsp3) is 0.263. The molecule has 0 spiro atoms. The topological polar surface area (TPSA) is 58.6 Å². The maximum atomic E-state index is 13.0. The van der Waals surface area contributed by atoms with E-state index in [0.717, 1.165) is 5.56 Å². The van der Waals surface area contributed by atoms with E-state index in [0.29, 0.717) is 24.5 Å². The van der Waals surface area contributed by atoms with Crippen molar-refractivity contribution in [3.8, 4) is 5.75 Å². The molecule has 1 N–H and O–H groups in total. The number of amides is 2. The van der Waals surface area contributed by atoms with Crippen molar-refractivity contribution >= 4 is 17.5 Å². The van der Waals surface area contributed by atoms with Crippen LogP contribution in [0.2, 0.25) is 0 Å². The van der Waals surface area contributed by atoms with Gasteiger partial charge in [0.2, 0.25) is 0 Å². The zero-order valence-corrected chi connectivity index (χ0v) is 13.8. The summed E-state index contributed by atoms with van der Waals surface area (Å²) in [5, 5.41) is 2.76. The van der Waals surface area contributed by atoms with Crippen LogP contribution in [-0.2, 0) is 16.1 Å². The molecule has 2 aromatic carbocycles. The summed E-state index contributed by atoms with van der Waals surface area (Å²) in [5.41, 5.74) is 0.0193. The third-order valence-corrected chi connectivity index (χ3v) is 4.18. The summed E-state index contributed by atoms with van der Waals surface area (Å²) in [4.78, 5) is 27.2. The van der Waals surface area contributed by atoms with Crippen molar-refractivity contribution < 1.29 is 14.3 Å². The molecule has 124 valence electrons. The first-order valence-electron chi connectivity index (χ1n) is 7.97. The molecular weight excluding hydrogens is 304 g/mol. The van der Waals surface area contributed by atoms with Gasteiger partial charge in [0.25, 0.3) is 17.4 Å². The minimum absolute atomic E-state index is 0.346. The number of hydrogen-bond donors (Lipinski definition) is 1. The summed E-state index contributed by atoms with van der Waals surface area (Å²) in [7, 11) is 0. The number of benzene rings is 2. The van der Waals surface area contributed by atoms with Gasteiger partial charge in [0.1, 0.15) is 5.75 Å². The maximum Gasteiger partial charge on any atom is 0.278 e. The number of carbonyl (C=O) groups excluding carboxylic acids is 2. The lowest BCUT2D eigenvalue weighted by Crippen LogP contribution is -2.59. The average molecular weight is 324 g/mol. The Hall–Kier alpha value is -2.82. The number of anilines is 1. The van der Waals surface area contributed by atoms with Gasteiger partial charge in [0, 0.05) is 13.1 Å². The highest BCUT2D eigenvalue weighted by Crippen LogP contribution is 2.34. The largest absolute Gasteiger partial charge is 0.466 e. The van der Waals surface area contributed by atoms with E-state index in [-0.39, 0.29) is 5.91 Å². The molecule has 0 radical (unpaired) electrons. The molecule has 1 aliphatic rings. The highest BCUT2D eigenvalue weighted by atomic mass is 16.5. The standard InChI is InChI=1S/C19H20N2O3/c1-3-21(13-14-9-5-4-6-10-14)18(23)19(2)17(22)20-15-11-7-8-12-16(15)24-19/h4-12H,3,13H2,1-2H3,(H,20,22). The Bertz CT molecular complexity index is 760. The fourth-order valence-corrected chi connectivity index (χ4v) is 2.74. The number of hydrogen-bond acceptors (Lipinski definition) is 3. The fourth-order valence-electron chi connectivity index (χ4n) is 2.74. The SMILES string of the molecule is CCN(Cc1ccccc1)C(=O)C1(C)Oc2ccccc2NC1=O. The van der Waals surface area contributed by atoms with Crippen LogP contribution < -0.4 is 10.1 Å². The molecule has 2 amide bonds. The Morgan fingerprint density at radius 1 is 1.12 bits per heavy atom. The quantitative estimate of drug-likeness (QED) is 0.880. The highest BCUT2D eigenvalue weighted by Gasteiger charge is 2.49. The van der Waals surface area contributed by atoms with Crippen LogP contribution in [0.25, 0.3) is 0 Å². The van der Waals surface area contributed by atoms with E-state index in [1.165, 1.54) is 6.92 Å². The normalized spacial score (nSPS) is 19.0. The van der Waals surface area contributed by atoms with Crippen molar-refractivity contribution in [2.45, 2.75) is 26.0 Å². The number of rotatable bonds is 4. The Morgan fingerprint density at radius 2 is 1.79 bits per heavy atom. The number of ether oxygens (including phenoxy) is 1. The van der Waals surface area contributed by atoms with E-state index in [2.05, 4.69) is 5.32 Å². The van der Waals surface area contributed by atoms with Gasteiger partial charge in [-0.15, -0.1) is 0 Å². The number of fused-ring (bicyclic) bond motifs is 1. The number of nitrogens with one attached hydrogen (secondary N) is 1. The van der Waals surface area contributed by atoms with Crippen molar-refractivity contribution in [3.63, 3.8) is 0 Å². The molecule has 1 aliphatic heterocycles. The van der Waals surface area contributed by atoms with Crippen LogP contribution in [0.15, 0.2) is 54.6 Å². The first kappa shape index (κ1) is 16.1. The molecule has 0 aliphatic carbocycles. The van der Waals surface area contributed by atoms with E-state index >= 15 is 0 Å². The average Bonchev–Trinajstić information content (AvgIpc) is 2.61. The number of para-hydroxylation sites is 2. The monoisotopic (exact) mass is 324 g/mol. The number of likely N-dealkylation sites (N-methyl/N-ethyl adjacent to an activating group) is 1. The zero-order chi connectivity index (χ0) is 17.2. The lowest BCUT2D eigenvalue weighted by atomic mass is 10.00. The van der Waals surface area contributed by atoms with Crippen LogP contribution in [-0.4, -0.2) is 28.9 Å². The second kappa shape index (κ2) is 6.35. The third kappa shape index (κ3) is 2.85. The second-order valence-corrected chi connectivity index (χ2v) is 5.89.